The average molecular weight is 1710 g/mol. The van der Waals surface area contributed by atoms with Crippen LogP contribution in [0.4, 0.5) is 68.2 Å². The lowest BCUT2D eigenvalue weighted by Gasteiger charge is -2.42. The highest BCUT2D eigenvalue weighted by Gasteiger charge is 2.40. The first-order chi connectivity index (χ1) is 64.3. The average Bonchev–Trinajstić information content (AvgIpc) is 0.726. The van der Waals surface area contributed by atoms with Crippen molar-refractivity contribution >= 4 is 91.4 Å². The second-order valence-electron chi connectivity index (χ2n) is 35.6. The van der Waals surface area contributed by atoms with Crippen LogP contribution < -0.4 is 29.1 Å². The summed E-state index contributed by atoms with van der Waals surface area (Å²) in [5.41, 5.74) is 31.4. The fourth-order valence-corrected chi connectivity index (χ4v) is 19.4. The van der Waals surface area contributed by atoms with Crippen LogP contribution in [0.5, 0.6) is 23.0 Å². The third kappa shape index (κ3) is 14.8. The molecule has 18 aromatic carbocycles. The number of aryl methyl sites for hydroxylation is 4. The van der Waals surface area contributed by atoms with Gasteiger partial charge in [0.15, 0.2) is 46.1 Å². The van der Waals surface area contributed by atoms with E-state index in [0.29, 0.717) is 66.8 Å². The molecule has 10 heteroatoms. The van der Waals surface area contributed by atoms with Gasteiger partial charge in [-0.05, 0) is 240 Å². The molecule has 0 unspecified atom stereocenters. The van der Waals surface area contributed by atoms with E-state index in [1.165, 1.54) is 22.3 Å². The Labute approximate surface area is 769 Å². The number of benzene rings is 18. The van der Waals surface area contributed by atoms with Crippen LogP contribution in [0, 0.1) is 27.7 Å². The molecule has 22 rings (SSSR count). The van der Waals surface area contributed by atoms with Crippen LogP contribution in [0.25, 0.3) is 44.5 Å². The van der Waals surface area contributed by atoms with E-state index in [1.807, 2.05) is 270 Å². The number of nitrogens with zero attached hydrogens (tertiary/aromatic N) is 4. The number of para-hydroxylation sites is 12. The van der Waals surface area contributed by atoms with E-state index in [0.717, 1.165) is 136 Å². The lowest BCUT2D eigenvalue weighted by atomic mass is 9.73. The lowest BCUT2D eigenvalue weighted by molar-refractivity contribution is 0.102. The summed E-state index contributed by atoms with van der Waals surface area (Å²) in [6, 6.07) is 138. The van der Waals surface area contributed by atoms with Crippen LogP contribution in [-0.4, -0.2) is 23.1 Å². The Morgan fingerprint density at radius 2 is 0.379 bits per heavy atom. The molecular weight excluding hydrogens is 1620 g/mol. The van der Waals surface area contributed by atoms with Gasteiger partial charge in [0, 0.05) is 78.1 Å². The molecule has 0 saturated heterocycles. The first-order valence-corrected chi connectivity index (χ1v) is 44.8. The minimum atomic E-state index is -0.182. The molecule has 18 aromatic rings. The van der Waals surface area contributed by atoms with Gasteiger partial charge in [0.05, 0.1) is 45.5 Å². The minimum Gasteiger partial charge on any atom is -0.453 e. The zero-order valence-corrected chi connectivity index (χ0v) is 74.5. The molecule has 0 fully saturated rings. The van der Waals surface area contributed by atoms with Crippen LogP contribution in [-0.2, 0) is 10.8 Å². The summed E-state index contributed by atoms with van der Waals surface area (Å²) in [5, 5.41) is 0. The molecule has 0 spiro atoms. The van der Waals surface area contributed by atoms with E-state index in [2.05, 4.69) is 217 Å². The van der Waals surface area contributed by atoms with Crippen molar-refractivity contribution in [1.82, 2.24) is 0 Å². The molecule has 0 N–H and O–H groups in total. The van der Waals surface area contributed by atoms with Crippen LogP contribution in [0.2, 0.25) is 0 Å². The normalized spacial score (nSPS) is 13.2. The maximum absolute atomic E-state index is 15.0. The molecule has 4 aliphatic rings. The monoisotopic (exact) mass is 1710 g/mol. The lowest BCUT2D eigenvalue weighted by Crippen LogP contribution is -2.30. The number of carbonyl (C=O) groups excluding carboxylic acids is 4. The van der Waals surface area contributed by atoms with Crippen LogP contribution in [0.15, 0.2) is 413 Å². The van der Waals surface area contributed by atoms with Crippen LogP contribution in [0.3, 0.4) is 0 Å². The minimum absolute atomic E-state index is 0.110. The Morgan fingerprint density at radius 3 is 0.583 bits per heavy atom. The first-order valence-electron chi connectivity index (χ1n) is 44.8. The Kier molecular flexibility index (Phi) is 21.0. The van der Waals surface area contributed by atoms with Crippen molar-refractivity contribution in [2.24, 2.45) is 0 Å². The third-order valence-electron chi connectivity index (χ3n) is 26.4. The molecular formula is C122H92N4O6. The number of rotatable bonds is 16. The van der Waals surface area contributed by atoms with Crippen molar-refractivity contribution in [2.75, 3.05) is 19.6 Å². The van der Waals surface area contributed by atoms with Crippen molar-refractivity contribution in [3.05, 3.63) is 502 Å². The van der Waals surface area contributed by atoms with E-state index in [1.54, 1.807) is 0 Å². The smallest absolute Gasteiger partial charge is 0.193 e. The van der Waals surface area contributed by atoms with Gasteiger partial charge in [-0.1, -0.05) is 317 Å². The van der Waals surface area contributed by atoms with Gasteiger partial charge in [-0.3, -0.25) is 19.2 Å². The first kappa shape index (κ1) is 82.4. The molecule has 0 amide bonds. The van der Waals surface area contributed by atoms with E-state index in [9.17, 15) is 9.59 Å². The second kappa shape index (κ2) is 33.6. The zero-order chi connectivity index (χ0) is 90.2. The molecule has 10 nitrogen and oxygen atoms in total. The molecule has 0 bridgehead atoms. The molecule has 0 aliphatic carbocycles. The molecule has 0 aromatic heterocycles. The summed E-state index contributed by atoms with van der Waals surface area (Å²) in [7, 11) is 0. The zero-order valence-electron chi connectivity index (χ0n) is 74.5. The summed E-state index contributed by atoms with van der Waals surface area (Å²) in [6.45, 7) is 17.2. The van der Waals surface area contributed by atoms with Gasteiger partial charge in [-0.25, -0.2) is 0 Å². The Bertz CT molecular complexity index is 6960. The Balaban J connectivity index is 0.000000159. The molecule has 636 valence electrons. The number of ketones is 4. The predicted molar refractivity (Wildman–Crippen MR) is 536 cm³/mol. The van der Waals surface area contributed by atoms with Gasteiger partial charge < -0.3 is 29.1 Å². The van der Waals surface area contributed by atoms with Crippen molar-refractivity contribution in [2.45, 2.75) is 66.2 Å². The summed E-state index contributed by atoms with van der Waals surface area (Å²) in [6.07, 6.45) is 0. The van der Waals surface area contributed by atoms with Crippen LogP contribution in [0.1, 0.15) is 136 Å². The summed E-state index contributed by atoms with van der Waals surface area (Å²) in [4.78, 5) is 68.8. The number of hydrogen-bond donors (Lipinski definition) is 0. The summed E-state index contributed by atoms with van der Waals surface area (Å²) >= 11 is 0. The van der Waals surface area contributed by atoms with Crippen molar-refractivity contribution < 1.29 is 28.7 Å². The van der Waals surface area contributed by atoms with Gasteiger partial charge in [-0.15, -0.1) is 0 Å². The largest absolute Gasteiger partial charge is 0.453 e. The van der Waals surface area contributed by atoms with Gasteiger partial charge in [-0.2, -0.15) is 0 Å². The second-order valence-corrected chi connectivity index (χ2v) is 35.6. The molecule has 132 heavy (non-hydrogen) atoms. The van der Waals surface area contributed by atoms with E-state index in [4.69, 9.17) is 9.47 Å². The number of ether oxygens (including phenoxy) is 2. The fraction of sp³-hybridized carbons (Fsp3) is 0.0820. The molecule has 4 aliphatic heterocycles. The van der Waals surface area contributed by atoms with Crippen molar-refractivity contribution in [3.8, 4) is 67.5 Å². The predicted octanol–water partition coefficient (Wildman–Crippen LogP) is 31.6. The highest BCUT2D eigenvalue weighted by molar-refractivity contribution is 6.20. The molecule has 0 radical (unpaired) electrons. The summed E-state index contributed by atoms with van der Waals surface area (Å²) in [5.74, 6) is 2.56. The molecule has 0 saturated carbocycles. The maximum atomic E-state index is 15.0. The number of carbonyl (C=O) groups is 4. The summed E-state index contributed by atoms with van der Waals surface area (Å²) < 4.78 is 12.6. The Hall–Kier alpha value is -16.6. The van der Waals surface area contributed by atoms with Crippen molar-refractivity contribution in [3.63, 3.8) is 0 Å². The SMILES string of the molecule is Cc1ccc(C(=O)c2cc(-c3ccc(N4c5ccccc5C(C)(C)c5ccccc54)cc3)c(C(=O)c3ccc(C)cc3)cc2-c2ccc(N3c4ccccc4C(C)(C)c4ccccc43)cc2)cc1.Cc1ccc(C(=O)c2cc(-c3ccc(N4c5ccccc5Oc5ccccc54)cc3)c(C(=O)c3ccc(C)cc3)cc2-c2ccc(N3c4ccccc4Oc4ccccc43)cc2)cc1. The van der Waals surface area contributed by atoms with Crippen LogP contribution >= 0.6 is 0 Å². The number of anilines is 12. The topological polar surface area (TPSA) is 99.7 Å². The van der Waals surface area contributed by atoms with Gasteiger partial charge in [0.2, 0.25) is 0 Å². The maximum Gasteiger partial charge on any atom is 0.193 e. The molecule has 0 atom stereocenters. The number of fused-ring (bicyclic) bond motifs is 8. The van der Waals surface area contributed by atoms with Gasteiger partial charge in [0.1, 0.15) is 0 Å². The van der Waals surface area contributed by atoms with E-state index >= 15 is 9.59 Å². The number of hydrogen-bond acceptors (Lipinski definition) is 10. The fourth-order valence-electron chi connectivity index (χ4n) is 19.4. The highest BCUT2D eigenvalue weighted by atomic mass is 16.5. The van der Waals surface area contributed by atoms with Gasteiger partial charge in [0.25, 0.3) is 0 Å². The van der Waals surface area contributed by atoms with Gasteiger partial charge >= 0.3 is 0 Å². The Morgan fingerprint density at radius 1 is 0.205 bits per heavy atom. The highest BCUT2D eigenvalue weighted by Crippen LogP contribution is 2.57. The van der Waals surface area contributed by atoms with E-state index in [-0.39, 0.29) is 34.0 Å². The van der Waals surface area contributed by atoms with Crippen molar-refractivity contribution in [1.29, 1.82) is 0 Å². The quantitative estimate of drug-likeness (QED) is 0.0870. The molecule has 4 heterocycles. The van der Waals surface area contributed by atoms with E-state index < -0.39 is 0 Å². The standard InChI is InChI=1S/C64H52N2O2.C58H40N2O4/c1-41-23-27-45(28-24-41)61(67)51-39-50(44-33-37-48(38-34-44)66-59-21-13-9-17-55(59)64(5,6)56-18-10-14-22-60(56)66)52(62(68)46-29-25-42(2)26-30-46)40-49(51)43-31-35-47(36-32-43)65-57-19-11-7-15-53(57)63(3,4)54-16-8-12-20-58(54)65;1-37-19-23-41(24-20-37)57(61)47-35-46(40-29-33-44(34-30-40)60-51-13-5-9-17-55(51)64-56-18-10-6-14-52(56)60)48(58(62)42-25-21-38(2)22-26-42)36-45(47)39-27-31-43(32-28-39)59-49-11-3-7-15-53(49)63-54-16-8-4-12-50(54)59/h7-40H,1-6H3;3-36H,1-2H3. The third-order valence-corrected chi connectivity index (χ3v) is 26.4.